The van der Waals surface area contributed by atoms with Gasteiger partial charge in [0.05, 0.1) is 11.9 Å². The molecule has 1 heterocycles. The second kappa shape index (κ2) is 5.23. The van der Waals surface area contributed by atoms with Crippen LogP contribution in [0.1, 0.15) is 17.5 Å². The van der Waals surface area contributed by atoms with E-state index in [0.29, 0.717) is 11.4 Å². The summed E-state index contributed by atoms with van der Waals surface area (Å²) in [5.41, 5.74) is 2.87. The molecule has 0 amide bonds. The number of halogens is 1. The maximum Gasteiger partial charge on any atom is 0.303 e. The quantitative estimate of drug-likeness (QED) is 0.924. The first-order valence-corrected chi connectivity index (χ1v) is 5.96. The van der Waals surface area contributed by atoms with E-state index >= 15 is 0 Å². The summed E-state index contributed by atoms with van der Waals surface area (Å²) in [6, 6.07) is 5.59. The Bertz CT molecular complexity index is 578. The maximum atomic E-state index is 10.5. The molecule has 0 bridgehead atoms. The summed E-state index contributed by atoms with van der Waals surface area (Å²) in [5, 5.41) is 13.5. The minimum Gasteiger partial charge on any atom is -0.481 e. The predicted octanol–water partition coefficient (Wildman–Crippen LogP) is 2.85. The monoisotopic (exact) mass is 264 g/mol. The number of carbonyl (C=O) groups is 1. The smallest absolute Gasteiger partial charge is 0.303 e. The van der Waals surface area contributed by atoms with Gasteiger partial charge >= 0.3 is 5.97 Å². The zero-order valence-corrected chi connectivity index (χ0v) is 10.7. The third-order valence-corrected chi connectivity index (χ3v) is 2.92. The molecule has 0 aliphatic carbocycles. The molecule has 2 rings (SSSR count). The van der Waals surface area contributed by atoms with Crippen LogP contribution in [-0.4, -0.2) is 20.9 Å². The molecule has 0 spiro atoms. The third-order valence-electron chi connectivity index (χ3n) is 2.68. The molecule has 0 aliphatic rings. The molecule has 0 atom stereocenters. The van der Waals surface area contributed by atoms with Gasteiger partial charge in [-0.15, -0.1) is 0 Å². The van der Waals surface area contributed by atoms with Gasteiger partial charge in [0.2, 0.25) is 0 Å². The van der Waals surface area contributed by atoms with Crippen LogP contribution in [0.25, 0.3) is 5.69 Å². The van der Waals surface area contributed by atoms with E-state index in [-0.39, 0.29) is 6.42 Å². The summed E-state index contributed by atoms with van der Waals surface area (Å²) in [6.45, 7) is 1.98. The predicted molar refractivity (Wildman–Crippen MR) is 69.3 cm³/mol. The molecule has 18 heavy (non-hydrogen) atoms. The molecule has 94 valence electrons. The van der Waals surface area contributed by atoms with E-state index in [9.17, 15) is 4.79 Å². The number of carboxylic acids is 1. The maximum absolute atomic E-state index is 10.5. The van der Waals surface area contributed by atoms with Gasteiger partial charge in [-0.05, 0) is 36.6 Å². The van der Waals surface area contributed by atoms with Crippen molar-refractivity contribution in [3.05, 3.63) is 46.7 Å². The Morgan fingerprint density at radius 2 is 2.28 bits per heavy atom. The Hall–Kier alpha value is -1.81. The summed E-state index contributed by atoms with van der Waals surface area (Å²) in [4.78, 5) is 10.5. The van der Waals surface area contributed by atoms with Crippen LogP contribution >= 0.6 is 11.6 Å². The van der Waals surface area contributed by atoms with Crippen molar-refractivity contribution in [1.82, 2.24) is 9.78 Å². The molecule has 0 saturated heterocycles. The molecule has 1 N–H and O–H groups in total. The third kappa shape index (κ3) is 2.90. The zero-order chi connectivity index (χ0) is 13.1. The second-order valence-corrected chi connectivity index (χ2v) is 4.55. The second-order valence-electron chi connectivity index (χ2n) is 4.12. The largest absolute Gasteiger partial charge is 0.481 e. The zero-order valence-electron chi connectivity index (χ0n) is 9.93. The van der Waals surface area contributed by atoms with Crippen molar-refractivity contribution in [2.24, 2.45) is 0 Å². The van der Waals surface area contributed by atoms with E-state index in [1.807, 2.05) is 31.3 Å². The van der Waals surface area contributed by atoms with Crippen LogP contribution in [-0.2, 0) is 11.2 Å². The minimum atomic E-state index is -0.804. The fourth-order valence-electron chi connectivity index (χ4n) is 1.70. The van der Waals surface area contributed by atoms with E-state index in [4.69, 9.17) is 16.7 Å². The average Bonchev–Trinajstić information content (AvgIpc) is 2.78. The number of hydrogen-bond donors (Lipinski definition) is 1. The van der Waals surface area contributed by atoms with Gasteiger partial charge in [0.1, 0.15) is 0 Å². The Labute approximate surface area is 110 Å². The van der Waals surface area contributed by atoms with Crippen LogP contribution < -0.4 is 0 Å². The Balaban J connectivity index is 2.23. The van der Waals surface area contributed by atoms with E-state index in [2.05, 4.69) is 5.10 Å². The lowest BCUT2D eigenvalue weighted by Gasteiger charge is -2.05. The summed E-state index contributed by atoms with van der Waals surface area (Å²) >= 11 is 5.96. The fourth-order valence-corrected chi connectivity index (χ4v) is 1.87. The van der Waals surface area contributed by atoms with Gasteiger partial charge < -0.3 is 5.11 Å². The molecular weight excluding hydrogens is 252 g/mol. The van der Waals surface area contributed by atoms with Crippen molar-refractivity contribution in [3.63, 3.8) is 0 Å². The molecule has 5 heteroatoms. The van der Waals surface area contributed by atoms with Crippen LogP contribution in [0, 0.1) is 6.92 Å². The number of carboxylic acid groups (broad SMARTS) is 1. The van der Waals surface area contributed by atoms with Crippen molar-refractivity contribution in [3.8, 4) is 5.69 Å². The Morgan fingerprint density at radius 3 is 3.00 bits per heavy atom. The summed E-state index contributed by atoms with van der Waals surface area (Å²) in [5.74, 6) is -0.804. The molecule has 0 radical (unpaired) electrons. The van der Waals surface area contributed by atoms with Gasteiger partial charge in [-0.3, -0.25) is 4.79 Å². The Kier molecular flexibility index (Phi) is 3.67. The molecule has 0 fully saturated rings. The molecule has 0 unspecified atom stereocenters. The summed E-state index contributed by atoms with van der Waals surface area (Å²) < 4.78 is 1.72. The highest BCUT2D eigenvalue weighted by molar-refractivity contribution is 6.30. The normalized spacial score (nSPS) is 10.6. The molecule has 4 nitrogen and oxygen atoms in total. The average molecular weight is 265 g/mol. The first-order valence-electron chi connectivity index (χ1n) is 5.58. The lowest BCUT2D eigenvalue weighted by Crippen LogP contribution is -1.98. The van der Waals surface area contributed by atoms with Gasteiger partial charge in [-0.1, -0.05) is 17.7 Å². The number of aryl methyl sites for hydroxylation is 2. The number of benzene rings is 1. The lowest BCUT2D eigenvalue weighted by molar-refractivity contribution is -0.136. The van der Waals surface area contributed by atoms with Crippen molar-refractivity contribution in [1.29, 1.82) is 0 Å². The topological polar surface area (TPSA) is 55.1 Å². The lowest BCUT2D eigenvalue weighted by atomic mass is 10.2. The van der Waals surface area contributed by atoms with Crippen molar-refractivity contribution in [2.45, 2.75) is 19.8 Å². The van der Waals surface area contributed by atoms with Crippen molar-refractivity contribution in [2.75, 3.05) is 0 Å². The van der Waals surface area contributed by atoms with E-state index in [1.165, 1.54) is 0 Å². The highest BCUT2D eigenvalue weighted by atomic mass is 35.5. The molecule has 1 aromatic heterocycles. The van der Waals surface area contributed by atoms with Crippen LogP contribution in [0.2, 0.25) is 5.02 Å². The number of aromatic nitrogens is 2. The van der Waals surface area contributed by atoms with Crippen LogP contribution in [0.15, 0.2) is 30.6 Å². The standard InChI is InChI=1S/C13H13ClN2O2/c1-9-2-4-11(14)6-12(9)16-8-10(7-15-16)3-5-13(17)18/h2,4,6-8H,3,5H2,1H3,(H,17,18). The molecule has 1 aromatic carbocycles. The number of rotatable bonds is 4. The van der Waals surface area contributed by atoms with E-state index in [0.717, 1.165) is 16.8 Å². The minimum absolute atomic E-state index is 0.111. The van der Waals surface area contributed by atoms with Gasteiger partial charge in [0.15, 0.2) is 0 Å². The summed E-state index contributed by atoms with van der Waals surface area (Å²) in [7, 11) is 0. The SMILES string of the molecule is Cc1ccc(Cl)cc1-n1cc(CCC(=O)O)cn1. The molecule has 0 aliphatic heterocycles. The number of aliphatic carboxylic acids is 1. The molecule has 2 aromatic rings. The van der Waals surface area contributed by atoms with Crippen LogP contribution in [0.3, 0.4) is 0 Å². The van der Waals surface area contributed by atoms with Gasteiger partial charge in [0.25, 0.3) is 0 Å². The van der Waals surface area contributed by atoms with Crippen molar-refractivity contribution < 1.29 is 9.90 Å². The molecular formula is C13H13ClN2O2. The Morgan fingerprint density at radius 1 is 1.50 bits per heavy atom. The summed E-state index contributed by atoms with van der Waals surface area (Å²) in [6.07, 6.45) is 4.11. The highest BCUT2D eigenvalue weighted by Crippen LogP contribution is 2.19. The molecule has 0 saturated carbocycles. The highest BCUT2D eigenvalue weighted by Gasteiger charge is 2.06. The van der Waals surface area contributed by atoms with E-state index < -0.39 is 5.97 Å². The van der Waals surface area contributed by atoms with Crippen LogP contribution in [0.4, 0.5) is 0 Å². The van der Waals surface area contributed by atoms with Crippen molar-refractivity contribution >= 4 is 17.6 Å². The van der Waals surface area contributed by atoms with Gasteiger partial charge in [-0.2, -0.15) is 5.10 Å². The first-order chi connectivity index (χ1) is 8.56. The van der Waals surface area contributed by atoms with E-state index in [1.54, 1.807) is 10.9 Å². The van der Waals surface area contributed by atoms with Crippen LogP contribution in [0.5, 0.6) is 0 Å². The van der Waals surface area contributed by atoms with Gasteiger partial charge in [0, 0.05) is 17.6 Å². The number of hydrogen-bond acceptors (Lipinski definition) is 2. The van der Waals surface area contributed by atoms with Gasteiger partial charge in [-0.25, -0.2) is 4.68 Å². The fraction of sp³-hybridized carbons (Fsp3) is 0.231. The first kappa shape index (κ1) is 12.6. The number of nitrogens with zero attached hydrogens (tertiary/aromatic N) is 2.